The molecule has 6 heteroatoms. The Morgan fingerprint density at radius 1 is 1.16 bits per heavy atom. The van der Waals surface area contributed by atoms with Gasteiger partial charge in [-0.15, -0.1) is 0 Å². The fourth-order valence-electron chi connectivity index (χ4n) is 3.93. The van der Waals surface area contributed by atoms with Crippen molar-refractivity contribution in [2.24, 2.45) is 5.92 Å². The van der Waals surface area contributed by atoms with Crippen molar-refractivity contribution in [2.45, 2.75) is 89.3 Å². The molecule has 1 aromatic rings. The van der Waals surface area contributed by atoms with Gasteiger partial charge in [0.1, 0.15) is 0 Å². The molecule has 174 valence electrons. The van der Waals surface area contributed by atoms with Crippen LogP contribution in [0, 0.1) is 5.92 Å². The van der Waals surface area contributed by atoms with Crippen LogP contribution in [0.25, 0.3) is 0 Å². The van der Waals surface area contributed by atoms with Crippen molar-refractivity contribution in [3.05, 3.63) is 48.0 Å². The molecule has 6 nitrogen and oxygen atoms in total. The van der Waals surface area contributed by atoms with Crippen molar-refractivity contribution in [3.63, 3.8) is 0 Å². The fourth-order valence-corrected chi connectivity index (χ4v) is 3.93. The smallest absolute Gasteiger partial charge is 0.306 e. The van der Waals surface area contributed by atoms with Crippen molar-refractivity contribution in [1.82, 2.24) is 0 Å². The van der Waals surface area contributed by atoms with Crippen LogP contribution in [0.15, 0.2) is 42.5 Å². The Morgan fingerprint density at radius 3 is 2.61 bits per heavy atom. The third kappa shape index (κ3) is 9.52. The molecule has 1 fully saturated rings. The van der Waals surface area contributed by atoms with Gasteiger partial charge in [0.05, 0.1) is 37.1 Å². The highest BCUT2D eigenvalue weighted by atomic mass is 16.5. The van der Waals surface area contributed by atoms with E-state index in [0.717, 1.165) is 12.8 Å². The molecule has 1 aliphatic rings. The molecule has 1 aliphatic carbocycles. The molecule has 0 aromatic heterocycles. The molecule has 0 heterocycles. The van der Waals surface area contributed by atoms with E-state index in [-0.39, 0.29) is 31.0 Å². The molecular weight excluding hydrogens is 396 g/mol. The minimum Gasteiger partial charge on any atom is -0.463 e. The maximum Gasteiger partial charge on any atom is 0.306 e. The van der Waals surface area contributed by atoms with Gasteiger partial charge in [0.25, 0.3) is 0 Å². The fraction of sp³-hybridized carbons (Fsp3) is 0.640. The predicted molar refractivity (Wildman–Crippen MR) is 119 cm³/mol. The first-order chi connectivity index (χ1) is 14.9. The normalized spacial score (nSPS) is 24.7. The number of carbonyl (C=O) groups excluding carboxylic acids is 1. The molecule has 0 radical (unpaired) electrons. The lowest BCUT2D eigenvalue weighted by molar-refractivity contribution is -0.147. The molecule has 0 unspecified atom stereocenters. The van der Waals surface area contributed by atoms with Gasteiger partial charge >= 0.3 is 5.97 Å². The number of aliphatic hydroxyl groups excluding tert-OH is 3. The van der Waals surface area contributed by atoms with E-state index in [2.05, 4.69) is 0 Å². The number of hydrogen-bond donors (Lipinski definition) is 3. The number of aliphatic hydroxyl groups is 3. The number of rotatable bonds is 13. The zero-order valence-electron chi connectivity index (χ0n) is 18.7. The van der Waals surface area contributed by atoms with Crippen LogP contribution in [0.5, 0.6) is 0 Å². The summed E-state index contributed by atoms with van der Waals surface area (Å²) in [5, 5.41) is 30.9. The van der Waals surface area contributed by atoms with Crippen LogP contribution in [-0.4, -0.2) is 58.4 Å². The number of benzene rings is 1. The van der Waals surface area contributed by atoms with Gasteiger partial charge in [-0.3, -0.25) is 4.79 Å². The Hall–Kier alpha value is -1.73. The number of hydrogen-bond acceptors (Lipinski definition) is 6. The van der Waals surface area contributed by atoms with Gasteiger partial charge in [0.15, 0.2) is 0 Å². The summed E-state index contributed by atoms with van der Waals surface area (Å²) >= 11 is 0. The van der Waals surface area contributed by atoms with Crippen molar-refractivity contribution in [3.8, 4) is 0 Å². The van der Waals surface area contributed by atoms with Crippen molar-refractivity contribution >= 4 is 5.97 Å². The highest BCUT2D eigenvalue weighted by molar-refractivity contribution is 5.69. The quantitative estimate of drug-likeness (QED) is 0.251. The maximum absolute atomic E-state index is 11.5. The van der Waals surface area contributed by atoms with E-state index in [1.165, 1.54) is 5.56 Å². The summed E-state index contributed by atoms with van der Waals surface area (Å²) in [5.41, 5.74) is 1.17. The van der Waals surface area contributed by atoms with Gasteiger partial charge in [-0.2, -0.15) is 0 Å². The lowest BCUT2D eigenvalue weighted by Crippen LogP contribution is -2.33. The lowest BCUT2D eigenvalue weighted by Gasteiger charge is -2.24. The third-order valence-corrected chi connectivity index (χ3v) is 5.56. The SMILES string of the molecule is CC(C)OC(=O)CCC/C=C/C[C@@H]1[C@@H](OC[C@@H](O)CCc2ccccc2)[C@H](O)C[C@@H]1O. The molecule has 0 aliphatic heterocycles. The standard InChI is InChI=1S/C25H38O6/c1-18(2)31-24(29)13-9-4-3-8-12-21-22(27)16-23(28)25(21)30-17-20(26)15-14-19-10-6-5-7-11-19/h3,5-8,10-11,18,20-23,25-28H,4,9,12-17H2,1-2H3/b8-3+/t20-,21-,22-,23+,25+/m0/s1. The Balaban J connectivity index is 1.70. The largest absolute Gasteiger partial charge is 0.463 e. The number of unbranched alkanes of at least 4 members (excludes halogenated alkanes) is 1. The van der Waals surface area contributed by atoms with Crippen LogP contribution < -0.4 is 0 Å². The minimum atomic E-state index is -0.736. The van der Waals surface area contributed by atoms with E-state index in [1.54, 1.807) is 0 Å². The van der Waals surface area contributed by atoms with E-state index < -0.39 is 24.4 Å². The van der Waals surface area contributed by atoms with Crippen LogP contribution in [0.3, 0.4) is 0 Å². The average molecular weight is 435 g/mol. The first-order valence-corrected chi connectivity index (χ1v) is 11.4. The van der Waals surface area contributed by atoms with Gasteiger partial charge in [0.2, 0.25) is 0 Å². The monoisotopic (exact) mass is 434 g/mol. The molecule has 2 rings (SSSR count). The first-order valence-electron chi connectivity index (χ1n) is 11.4. The Morgan fingerprint density at radius 2 is 1.90 bits per heavy atom. The highest BCUT2D eigenvalue weighted by Gasteiger charge is 2.42. The second kappa shape index (κ2) is 13.6. The molecule has 5 atom stereocenters. The first kappa shape index (κ1) is 25.5. The average Bonchev–Trinajstić information content (AvgIpc) is 3.00. The molecule has 0 amide bonds. The molecule has 1 aromatic carbocycles. The van der Waals surface area contributed by atoms with E-state index in [4.69, 9.17) is 9.47 Å². The van der Waals surface area contributed by atoms with Crippen LogP contribution in [0.2, 0.25) is 0 Å². The molecule has 31 heavy (non-hydrogen) atoms. The third-order valence-electron chi connectivity index (χ3n) is 5.56. The van der Waals surface area contributed by atoms with Gasteiger partial charge in [-0.05, 0) is 51.5 Å². The molecule has 0 bridgehead atoms. The maximum atomic E-state index is 11.5. The van der Waals surface area contributed by atoms with Gasteiger partial charge < -0.3 is 24.8 Å². The molecule has 0 spiro atoms. The molecule has 0 saturated heterocycles. The molecule has 1 saturated carbocycles. The van der Waals surface area contributed by atoms with Gasteiger partial charge in [0, 0.05) is 18.8 Å². The van der Waals surface area contributed by atoms with E-state index >= 15 is 0 Å². The second-order valence-corrected chi connectivity index (χ2v) is 8.65. The second-order valence-electron chi connectivity index (χ2n) is 8.65. The van der Waals surface area contributed by atoms with E-state index in [9.17, 15) is 20.1 Å². The topological polar surface area (TPSA) is 96.2 Å². The summed E-state index contributed by atoms with van der Waals surface area (Å²) in [4.78, 5) is 11.5. The van der Waals surface area contributed by atoms with Gasteiger partial charge in [-0.25, -0.2) is 0 Å². The summed E-state index contributed by atoms with van der Waals surface area (Å²) in [6.07, 6.45) is 5.46. The summed E-state index contributed by atoms with van der Waals surface area (Å²) in [6.45, 7) is 3.80. The molecular formula is C25H38O6. The van der Waals surface area contributed by atoms with Crippen molar-refractivity contribution in [2.75, 3.05) is 6.61 Å². The molecule has 3 N–H and O–H groups in total. The number of carbonyl (C=O) groups is 1. The van der Waals surface area contributed by atoms with Crippen molar-refractivity contribution < 1.29 is 29.6 Å². The number of allylic oxidation sites excluding steroid dienone is 2. The zero-order chi connectivity index (χ0) is 22.6. The predicted octanol–water partition coefficient (Wildman–Crippen LogP) is 3.18. The minimum absolute atomic E-state index is 0.0906. The van der Waals surface area contributed by atoms with Gasteiger partial charge in [-0.1, -0.05) is 42.5 Å². The Labute approximate surface area is 185 Å². The Bertz CT molecular complexity index is 659. The van der Waals surface area contributed by atoms with E-state index in [0.29, 0.717) is 25.7 Å². The van der Waals surface area contributed by atoms with Crippen LogP contribution in [-0.2, 0) is 20.7 Å². The van der Waals surface area contributed by atoms with Crippen LogP contribution in [0.4, 0.5) is 0 Å². The number of aryl methyl sites for hydroxylation is 1. The summed E-state index contributed by atoms with van der Waals surface area (Å²) in [7, 11) is 0. The summed E-state index contributed by atoms with van der Waals surface area (Å²) in [6, 6.07) is 9.97. The number of esters is 1. The van der Waals surface area contributed by atoms with E-state index in [1.807, 2.05) is 56.3 Å². The van der Waals surface area contributed by atoms with Crippen LogP contribution in [0.1, 0.15) is 57.9 Å². The summed E-state index contributed by atoms with van der Waals surface area (Å²) < 4.78 is 10.9. The summed E-state index contributed by atoms with van der Waals surface area (Å²) in [5.74, 6) is -0.393. The van der Waals surface area contributed by atoms with Crippen LogP contribution >= 0.6 is 0 Å². The number of ether oxygens (including phenoxy) is 2. The van der Waals surface area contributed by atoms with Crippen molar-refractivity contribution in [1.29, 1.82) is 0 Å². The zero-order valence-corrected chi connectivity index (χ0v) is 18.7. The highest BCUT2D eigenvalue weighted by Crippen LogP contribution is 2.32. The Kier molecular flexibility index (Phi) is 11.2. The lowest BCUT2D eigenvalue weighted by atomic mass is 9.98.